The Morgan fingerprint density at radius 2 is 1.52 bits per heavy atom. The summed E-state index contributed by atoms with van der Waals surface area (Å²) < 4.78 is 11.1. The third-order valence-electron chi connectivity index (χ3n) is 7.61. The Bertz CT molecular complexity index is 1610. The Labute approximate surface area is 272 Å². The van der Waals surface area contributed by atoms with Crippen molar-refractivity contribution in [3.63, 3.8) is 0 Å². The Morgan fingerprint density at radius 1 is 0.826 bits per heavy atom. The number of hydrogen-bond acceptors (Lipinski definition) is 6. The number of rotatable bonds is 14. The van der Waals surface area contributed by atoms with Gasteiger partial charge in [-0.1, -0.05) is 105 Å². The lowest BCUT2D eigenvalue weighted by atomic mass is 9.94. The van der Waals surface area contributed by atoms with Gasteiger partial charge in [0.25, 0.3) is 0 Å². The first kappa shape index (κ1) is 34.0. The molecule has 4 rings (SSSR count). The van der Waals surface area contributed by atoms with Crippen LogP contribution in [-0.4, -0.2) is 48.9 Å². The maximum absolute atomic E-state index is 13.2. The zero-order valence-electron chi connectivity index (χ0n) is 27.4. The lowest BCUT2D eigenvalue weighted by Crippen LogP contribution is -2.40. The first-order valence-electron chi connectivity index (χ1n) is 15.6. The van der Waals surface area contributed by atoms with Crippen LogP contribution in [0.1, 0.15) is 59.8 Å². The summed E-state index contributed by atoms with van der Waals surface area (Å²) >= 11 is 0. The maximum atomic E-state index is 13.2. The fraction of sp³-hybridized carbons (Fsp3) is 0.308. The Morgan fingerprint density at radius 3 is 2.20 bits per heavy atom. The predicted molar refractivity (Wildman–Crippen MR) is 182 cm³/mol. The summed E-state index contributed by atoms with van der Waals surface area (Å²) in [7, 11) is 1.35. The fourth-order valence-corrected chi connectivity index (χ4v) is 5.24. The second-order valence-electron chi connectivity index (χ2n) is 12.5. The van der Waals surface area contributed by atoms with Gasteiger partial charge >= 0.3 is 5.97 Å². The van der Waals surface area contributed by atoms with E-state index < -0.39 is 17.4 Å². The van der Waals surface area contributed by atoms with Crippen molar-refractivity contribution in [3.8, 4) is 5.75 Å². The first-order chi connectivity index (χ1) is 22.0. The quantitative estimate of drug-likeness (QED) is 0.0907. The molecule has 7 nitrogen and oxygen atoms in total. The average Bonchev–Trinajstić information content (AvgIpc) is 3.05. The zero-order chi connectivity index (χ0) is 33.1. The normalized spacial score (nSPS) is 11.8. The van der Waals surface area contributed by atoms with Crippen LogP contribution >= 0.6 is 0 Å². The molecule has 0 spiro atoms. The van der Waals surface area contributed by atoms with Crippen molar-refractivity contribution in [2.24, 2.45) is 5.41 Å². The molecule has 1 amide bonds. The van der Waals surface area contributed by atoms with Crippen molar-refractivity contribution in [1.29, 1.82) is 0 Å². The van der Waals surface area contributed by atoms with Gasteiger partial charge in [-0.25, -0.2) is 4.79 Å². The molecule has 0 bridgehead atoms. The van der Waals surface area contributed by atoms with E-state index in [1.54, 1.807) is 30.3 Å². The summed E-state index contributed by atoms with van der Waals surface area (Å²) in [5, 5.41) is 3.25. The number of amides is 1. The summed E-state index contributed by atoms with van der Waals surface area (Å²) in [6.07, 6.45) is 1.04. The van der Waals surface area contributed by atoms with Crippen molar-refractivity contribution in [1.82, 2.24) is 4.90 Å². The fourth-order valence-electron chi connectivity index (χ4n) is 5.24. The van der Waals surface area contributed by atoms with Crippen LogP contribution in [0, 0.1) is 12.3 Å². The van der Waals surface area contributed by atoms with E-state index in [0.29, 0.717) is 55.1 Å². The molecule has 0 aliphatic rings. The van der Waals surface area contributed by atoms with Gasteiger partial charge in [0.2, 0.25) is 5.91 Å². The van der Waals surface area contributed by atoms with Crippen LogP contribution in [0.15, 0.2) is 103 Å². The Balaban J connectivity index is 1.36. The van der Waals surface area contributed by atoms with Crippen LogP contribution in [0.2, 0.25) is 0 Å². The van der Waals surface area contributed by atoms with Crippen LogP contribution in [0.25, 0.3) is 0 Å². The highest BCUT2D eigenvalue weighted by Crippen LogP contribution is 2.23. The standard InChI is InChI=1S/C39H44N2O5/c1-28-13-11-14-30(25-28)27-41(38(44)39(2,3)4)23-12-24-46-32-21-19-29(20-22-32)26-35(37(43)45-5)40-34-18-10-9-17-33(34)36(42)31-15-7-6-8-16-31/h6-11,13-22,25,35,40H,12,23-24,26-27H2,1-5H3. The van der Waals surface area contributed by atoms with Crippen molar-refractivity contribution in [3.05, 3.63) is 131 Å². The van der Waals surface area contributed by atoms with Crippen molar-refractivity contribution in [2.45, 2.75) is 53.1 Å². The minimum Gasteiger partial charge on any atom is -0.494 e. The molecule has 0 radical (unpaired) electrons. The number of ether oxygens (including phenoxy) is 2. The number of esters is 1. The number of hydrogen-bond donors (Lipinski definition) is 1. The molecule has 0 saturated heterocycles. The molecule has 4 aromatic rings. The van der Waals surface area contributed by atoms with E-state index in [0.717, 1.165) is 11.1 Å². The molecule has 0 aliphatic carbocycles. The maximum Gasteiger partial charge on any atom is 0.328 e. The number of benzene rings is 4. The second-order valence-corrected chi connectivity index (χ2v) is 12.5. The van der Waals surface area contributed by atoms with Gasteiger partial charge < -0.3 is 19.7 Å². The van der Waals surface area contributed by atoms with E-state index in [1.807, 2.05) is 80.3 Å². The topological polar surface area (TPSA) is 84.9 Å². The van der Waals surface area contributed by atoms with Gasteiger partial charge in [0, 0.05) is 41.7 Å². The molecule has 7 heteroatoms. The second kappa shape index (κ2) is 15.9. The molecule has 0 heterocycles. The number of nitrogens with one attached hydrogen (secondary N) is 1. The van der Waals surface area contributed by atoms with Crippen molar-refractivity contribution < 1.29 is 23.9 Å². The number of anilines is 1. The molecule has 1 N–H and O–H groups in total. The van der Waals surface area contributed by atoms with Gasteiger partial charge in [0.15, 0.2) is 5.78 Å². The van der Waals surface area contributed by atoms with Gasteiger partial charge in [-0.2, -0.15) is 0 Å². The molecule has 46 heavy (non-hydrogen) atoms. The zero-order valence-corrected chi connectivity index (χ0v) is 27.4. The van der Waals surface area contributed by atoms with E-state index in [9.17, 15) is 14.4 Å². The third kappa shape index (κ3) is 9.54. The largest absolute Gasteiger partial charge is 0.494 e. The first-order valence-corrected chi connectivity index (χ1v) is 15.6. The highest BCUT2D eigenvalue weighted by Gasteiger charge is 2.27. The van der Waals surface area contributed by atoms with Crippen LogP contribution < -0.4 is 10.1 Å². The number of carbonyl (C=O) groups excluding carboxylic acids is 3. The molecular weight excluding hydrogens is 576 g/mol. The SMILES string of the molecule is COC(=O)C(Cc1ccc(OCCCN(Cc2cccc(C)c2)C(=O)C(C)(C)C)cc1)Nc1ccccc1C(=O)c1ccccc1. The average molecular weight is 621 g/mol. The third-order valence-corrected chi connectivity index (χ3v) is 7.61. The highest BCUT2D eigenvalue weighted by atomic mass is 16.5. The summed E-state index contributed by atoms with van der Waals surface area (Å²) in [6.45, 7) is 9.49. The van der Waals surface area contributed by atoms with Crippen molar-refractivity contribution >= 4 is 23.3 Å². The number of ketones is 1. The number of nitrogens with zero attached hydrogens (tertiary/aromatic N) is 1. The minimum atomic E-state index is -0.707. The van der Waals surface area contributed by atoms with E-state index in [2.05, 4.69) is 30.4 Å². The minimum absolute atomic E-state index is 0.110. The molecule has 0 aromatic heterocycles. The Hall–Kier alpha value is -4.91. The summed E-state index contributed by atoms with van der Waals surface area (Å²) in [4.78, 5) is 41.1. The van der Waals surface area contributed by atoms with Gasteiger partial charge in [-0.3, -0.25) is 9.59 Å². The predicted octanol–water partition coefficient (Wildman–Crippen LogP) is 7.27. The molecule has 0 fully saturated rings. The number of aryl methyl sites for hydroxylation is 1. The smallest absolute Gasteiger partial charge is 0.328 e. The lowest BCUT2D eigenvalue weighted by molar-refractivity contribution is -0.141. The van der Waals surface area contributed by atoms with Crippen LogP contribution in [0.4, 0.5) is 5.69 Å². The monoisotopic (exact) mass is 620 g/mol. The van der Waals surface area contributed by atoms with Gasteiger partial charge in [-0.05, 0) is 48.7 Å². The van der Waals surface area contributed by atoms with Crippen LogP contribution in [0.3, 0.4) is 0 Å². The molecule has 1 atom stereocenters. The number of methoxy groups -OCH3 is 1. The lowest BCUT2D eigenvalue weighted by Gasteiger charge is -2.30. The molecule has 0 saturated carbocycles. The van der Waals surface area contributed by atoms with Crippen LogP contribution in [0.5, 0.6) is 5.75 Å². The van der Waals surface area contributed by atoms with E-state index >= 15 is 0 Å². The van der Waals surface area contributed by atoms with Gasteiger partial charge in [-0.15, -0.1) is 0 Å². The Kier molecular flexibility index (Phi) is 11.7. The summed E-state index contributed by atoms with van der Waals surface area (Å²) in [5.41, 5.74) is 4.33. The van der Waals surface area contributed by atoms with Crippen LogP contribution in [-0.2, 0) is 27.3 Å². The highest BCUT2D eigenvalue weighted by molar-refractivity contribution is 6.12. The molecule has 0 aliphatic heterocycles. The number of para-hydroxylation sites is 1. The van der Waals surface area contributed by atoms with E-state index in [4.69, 9.17) is 9.47 Å². The molecular formula is C39H44N2O5. The number of carbonyl (C=O) groups is 3. The van der Waals surface area contributed by atoms with E-state index in [-0.39, 0.29) is 11.7 Å². The van der Waals surface area contributed by atoms with Gasteiger partial charge in [0.1, 0.15) is 11.8 Å². The molecule has 4 aromatic carbocycles. The summed E-state index contributed by atoms with van der Waals surface area (Å²) in [6, 6.07) is 31.3. The molecule has 240 valence electrons. The van der Waals surface area contributed by atoms with E-state index in [1.165, 1.54) is 12.7 Å². The van der Waals surface area contributed by atoms with Crippen molar-refractivity contribution in [2.75, 3.05) is 25.6 Å². The molecule has 1 unspecified atom stereocenters. The summed E-state index contributed by atoms with van der Waals surface area (Å²) in [5.74, 6) is 0.258. The van der Waals surface area contributed by atoms with Gasteiger partial charge in [0.05, 0.1) is 13.7 Å².